The van der Waals surface area contributed by atoms with E-state index in [1.165, 1.54) is 50.0 Å². The number of methoxy groups -OCH3 is 3. The summed E-state index contributed by atoms with van der Waals surface area (Å²) < 4.78 is 17.2. The van der Waals surface area contributed by atoms with Crippen LogP contribution in [0.5, 0.6) is 17.2 Å². The van der Waals surface area contributed by atoms with E-state index < -0.39 is 17.7 Å². The summed E-state index contributed by atoms with van der Waals surface area (Å²) in [6.07, 6.45) is 2.97. The highest BCUT2D eigenvalue weighted by atomic mass is 35.5. The zero-order valence-corrected chi connectivity index (χ0v) is 21.5. The first kappa shape index (κ1) is 24.5. The van der Waals surface area contributed by atoms with E-state index in [1.54, 1.807) is 42.5 Å². The second-order valence-electron chi connectivity index (χ2n) is 7.97. The number of carbonyl (C=O) groups excluding carboxylic acids is 2. The minimum Gasteiger partial charge on any atom is -0.507 e. The van der Waals surface area contributed by atoms with Gasteiger partial charge >= 0.3 is 5.91 Å². The molecule has 1 aliphatic heterocycles. The Morgan fingerprint density at radius 2 is 1.68 bits per heavy atom. The zero-order chi connectivity index (χ0) is 26.3. The van der Waals surface area contributed by atoms with Crippen molar-refractivity contribution in [1.82, 2.24) is 9.97 Å². The van der Waals surface area contributed by atoms with Gasteiger partial charge in [0.25, 0.3) is 5.78 Å². The molecule has 37 heavy (non-hydrogen) atoms. The van der Waals surface area contributed by atoms with Crippen molar-refractivity contribution in [2.75, 3.05) is 26.2 Å². The molecule has 0 bridgehead atoms. The molecule has 1 unspecified atom stereocenters. The van der Waals surface area contributed by atoms with Gasteiger partial charge in [-0.05, 0) is 48.0 Å². The summed E-state index contributed by atoms with van der Waals surface area (Å²) in [7, 11) is 4.40. The second kappa shape index (κ2) is 9.72. The fraction of sp³-hybridized carbons (Fsp3) is 0.154. The van der Waals surface area contributed by atoms with Gasteiger partial charge in [0.1, 0.15) is 5.76 Å². The minimum atomic E-state index is -1.04. The van der Waals surface area contributed by atoms with Gasteiger partial charge in [0.05, 0.1) is 43.2 Å². The van der Waals surface area contributed by atoms with Crippen molar-refractivity contribution in [2.24, 2.45) is 0 Å². The van der Waals surface area contributed by atoms with Crippen molar-refractivity contribution in [3.63, 3.8) is 0 Å². The van der Waals surface area contributed by atoms with Crippen LogP contribution in [-0.4, -0.2) is 48.1 Å². The highest BCUT2D eigenvalue weighted by Crippen LogP contribution is 2.48. The number of aliphatic hydroxyl groups is 1. The lowest BCUT2D eigenvalue weighted by Crippen LogP contribution is -2.29. The molecular weight excluding hydrogens is 518 g/mol. The van der Waals surface area contributed by atoms with Crippen LogP contribution in [0.4, 0.5) is 5.13 Å². The van der Waals surface area contributed by atoms with Crippen LogP contribution < -0.4 is 19.1 Å². The largest absolute Gasteiger partial charge is 0.507 e. The van der Waals surface area contributed by atoms with Crippen molar-refractivity contribution in [2.45, 2.75) is 6.04 Å². The predicted molar refractivity (Wildman–Crippen MR) is 140 cm³/mol. The van der Waals surface area contributed by atoms with Crippen LogP contribution in [0.2, 0.25) is 5.02 Å². The Kier molecular flexibility index (Phi) is 6.45. The maximum absolute atomic E-state index is 13.5. The third kappa shape index (κ3) is 4.13. The van der Waals surface area contributed by atoms with Crippen LogP contribution in [0.25, 0.3) is 16.0 Å². The molecule has 188 valence electrons. The normalized spacial score (nSPS) is 16.9. The van der Waals surface area contributed by atoms with E-state index in [9.17, 15) is 14.7 Å². The predicted octanol–water partition coefficient (Wildman–Crippen LogP) is 5.00. The molecule has 1 aliphatic rings. The lowest BCUT2D eigenvalue weighted by atomic mass is 9.95. The van der Waals surface area contributed by atoms with Gasteiger partial charge in [-0.2, -0.15) is 0 Å². The number of ketones is 1. The number of halogens is 1. The van der Waals surface area contributed by atoms with Crippen LogP contribution in [0, 0.1) is 0 Å². The highest BCUT2D eigenvalue weighted by molar-refractivity contribution is 7.22. The number of aliphatic hydroxyl groups excluding tert-OH is 1. The molecular formula is C26H20ClN3O6S. The van der Waals surface area contributed by atoms with E-state index in [1.807, 2.05) is 0 Å². The summed E-state index contributed by atoms with van der Waals surface area (Å²) in [5, 5.41) is 12.1. The molecule has 1 amide bonds. The van der Waals surface area contributed by atoms with Crippen LogP contribution in [0.1, 0.15) is 17.2 Å². The number of nitrogens with zero attached hydrogens (tertiary/aromatic N) is 3. The number of pyridine rings is 1. The number of hydrogen-bond donors (Lipinski definition) is 1. The van der Waals surface area contributed by atoms with Crippen molar-refractivity contribution >= 4 is 55.7 Å². The molecule has 5 rings (SSSR count). The number of Topliss-reactive ketones (excluding diaryl/α,β-unsaturated/α-hetero) is 1. The number of anilines is 1. The van der Waals surface area contributed by atoms with E-state index >= 15 is 0 Å². The first-order valence-electron chi connectivity index (χ1n) is 10.9. The number of rotatable bonds is 6. The summed E-state index contributed by atoms with van der Waals surface area (Å²) in [5.41, 5.74) is 1.29. The number of benzene rings is 2. The fourth-order valence-electron chi connectivity index (χ4n) is 4.26. The molecule has 2 aromatic carbocycles. The standard InChI is InChI=1S/C26H20ClN3O6S/c1-34-17-10-14(11-18(35-2)24(17)36-3)21-20(22(31)13-6-8-28-9-7-13)23(32)25(33)30(21)26-29-16-5-4-15(27)12-19(16)37-26/h4-12,21,31H,1-3H3/b22-20+. The van der Waals surface area contributed by atoms with Gasteiger partial charge < -0.3 is 19.3 Å². The van der Waals surface area contributed by atoms with Crippen molar-refractivity contribution in [3.8, 4) is 17.2 Å². The summed E-state index contributed by atoms with van der Waals surface area (Å²) in [5.74, 6) is -1.05. The number of thiazole rings is 1. The molecule has 11 heteroatoms. The first-order valence-corrected chi connectivity index (χ1v) is 12.1. The highest BCUT2D eigenvalue weighted by Gasteiger charge is 2.48. The summed E-state index contributed by atoms with van der Waals surface area (Å²) in [4.78, 5) is 36.7. The summed E-state index contributed by atoms with van der Waals surface area (Å²) >= 11 is 7.36. The van der Waals surface area contributed by atoms with E-state index in [0.717, 1.165) is 4.70 Å². The smallest absolute Gasteiger partial charge is 0.301 e. The number of aromatic nitrogens is 2. The molecule has 1 N–H and O–H groups in total. The quantitative estimate of drug-likeness (QED) is 0.208. The van der Waals surface area contributed by atoms with Crippen LogP contribution >= 0.6 is 22.9 Å². The molecule has 0 saturated carbocycles. The van der Waals surface area contributed by atoms with Crippen molar-refractivity contribution in [1.29, 1.82) is 0 Å². The Balaban J connectivity index is 1.79. The Morgan fingerprint density at radius 3 is 2.30 bits per heavy atom. The molecule has 3 heterocycles. The van der Waals surface area contributed by atoms with E-state index in [2.05, 4.69) is 9.97 Å². The molecule has 0 spiro atoms. The molecule has 4 aromatic rings. The molecule has 1 saturated heterocycles. The topological polar surface area (TPSA) is 111 Å². The van der Waals surface area contributed by atoms with Gasteiger partial charge in [-0.15, -0.1) is 0 Å². The maximum Gasteiger partial charge on any atom is 0.301 e. The molecule has 1 atom stereocenters. The van der Waals surface area contributed by atoms with E-state index in [0.29, 0.717) is 38.9 Å². The SMILES string of the molecule is COc1cc(C2/C(=C(\O)c3ccncc3)C(=O)C(=O)N2c2nc3ccc(Cl)cc3s2)cc(OC)c1OC. The lowest BCUT2D eigenvalue weighted by molar-refractivity contribution is -0.132. The first-order chi connectivity index (χ1) is 17.9. The monoisotopic (exact) mass is 537 g/mol. The van der Waals surface area contributed by atoms with Gasteiger partial charge in [0.15, 0.2) is 16.6 Å². The molecule has 0 radical (unpaired) electrons. The van der Waals surface area contributed by atoms with Crippen molar-refractivity contribution < 1.29 is 28.9 Å². The third-order valence-electron chi connectivity index (χ3n) is 5.95. The third-order valence-corrected chi connectivity index (χ3v) is 7.20. The number of ether oxygens (including phenoxy) is 3. The van der Waals surface area contributed by atoms with Gasteiger partial charge in [-0.1, -0.05) is 22.9 Å². The molecule has 1 fully saturated rings. The zero-order valence-electron chi connectivity index (χ0n) is 19.9. The van der Waals surface area contributed by atoms with E-state index in [4.69, 9.17) is 25.8 Å². The van der Waals surface area contributed by atoms with Gasteiger partial charge in [0.2, 0.25) is 5.75 Å². The molecule has 2 aromatic heterocycles. The lowest BCUT2D eigenvalue weighted by Gasteiger charge is -2.24. The summed E-state index contributed by atoms with van der Waals surface area (Å²) in [6, 6.07) is 10.5. The minimum absolute atomic E-state index is 0.109. The van der Waals surface area contributed by atoms with Gasteiger partial charge in [-0.25, -0.2) is 4.98 Å². The number of fused-ring (bicyclic) bond motifs is 1. The van der Waals surface area contributed by atoms with Crippen LogP contribution in [-0.2, 0) is 9.59 Å². The second-order valence-corrected chi connectivity index (χ2v) is 9.42. The molecule has 0 aliphatic carbocycles. The van der Waals surface area contributed by atoms with Gasteiger partial charge in [0, 0.05) is 23.0 Å². The maximum atomic E-state index is 13.5. The number of hydrogen-bond acceptors (Lipinski definition) is 9. The Hall–Kier alpha value is -4.15. The Morgan fingerprint density at radius 1 is 1.00 bits per heavy atom. The van der Waals surface area contributed by atoms with E-state index in [-0.39, 0.29) is 16.5 Å². The van der Waals surface area contributed by atoms with Crippen LogP contribution in [0.3, 0.4) is 0 Å². The van der Waals surface area contributed by atoms with Gasteiger partial charge in [-0.3, -0.25) is 19.5 Å². The molecule has 9 nitrogen and oxygen atoms in total. The number of amides is 1. The fourth-order valence-corrected chi connectivity index (χ4v) is 5.53. The average Bonchev–Trinajstić information content (AvgIpc) is 3.45. The average molecular weight is 538 g/mol. The Bertz CT molecular complexity index is 1540. The summed E-state index contributed by atoms with van der Waals surface area (Å²) in [6.45, 7) is 0. The van der Waals surface area contributed by atoms with Crippen molar-refractivity contribution in [3.05, 3.63) is 76.6 Å². The Labute approximate surface area is 220 Å². The number of carbonyl (C=O) groups is 2. The van der Waals surface area contributed by atoms with Crippen LogP contribution in [0.15, 0.2) is 60.4 Å².